The van der Waals surface area contributed by atoms with Gasteiger partial charge in [0.25, 0.3) is 0 Å². The summed E-state index contributed by atoms with van der Waals surface area (Å²) in [7, 11) is 1.96. The first-order valence-electron chi connectivity index (χ1n) is 7.47. The van der Waals surface area contributed by atoms with E-state index in [0.29, 0.717) is 24.8 Å². The van der Waals surface area contributed by atoms with Gasteiger partial charge in [-0.2, -0.15) is 0 Å². The molecule has 1 aliphatic heterocycles. The first-order chi connectivity index (χ1) is 9.65. The molecule has 6 nitrogen and oxygen atoms in total. The highest BCUT2D eigenvalue weighted by atomic mass is 16.2. The van der Waals surface area contributed by atoms with Crippen molar-refractivity contribution in [3.8, 4) is 0 Å². The van der Waals surface area contributed by atoms with Crippen molar-refractivity contribution in [3.63, 3.8) is 0 Å². The van der Waals surface area contributed by atoms with Crippen molar-refractivity contribution in [3.05, 3.63) is 12.2 Å². The number of amides is 1. The van der Waals surface area contributed by atoms with Crippen LogP contribution in [-0.2, 0) is 11.8 Å². The lowest BCUT2D eigenvalue weighted by Crippen LogP contribution is -2.40. The Morgan fingerprint density at radius 1 is 1.60 bits per heavy atom. The largest absolute Gasteiger partial charge is 0.342 e. The molecule has 112 valence electrons. The lowest BCUT2D eigenvalue weighted by molar-refractivity contribution is -0.133. The van der Waals surface area contributed by atoms with E-state index in [-0.39, 0.29) is 5.91 Å². The van der Waals surface area contributed by atoms with Gasteiger partial charge in [-0.25, -0.2) is 0 Å². The van der Waals surface area contributed by atoms with E-state index in [1.54, 1.807) is 6.33 Å². The van der Waals surface area contributed by atoms with Crippen LogP contribution in [0, 0.1) is 5.92 Å². The van der Waals surface area contributed by atoms with Crippen molar-refractivity contribution in [1.82, 2.24) is 19.7 Å². The predicted molar refractivity (Wildman–Crippen MR) is 77.0 cm³/mol. The number of nitrogens with zero attached hydrogens (tertiary/aromatic N) is 4. The summed E-state index contributed by atoms with van der Waals surface area (Å²) in [6.07, 6.45) is 5.35. The molecule has 0 spiro atoms. The van der Waals surface area contributed by atoms with E-state index in [9.17, 15) is 4.79 Å². The van der Waals surface area contributed by atoms with Crippen molar-refractivity contribution in [1.29, 1.82) is 0 Å². The van der Waals surface area contributed by atoms with E-state index in [1.807, 2.05) is 16.5 Å². The first-order valence-corrected chi connectivity index (χ1v) is 7.47. The van der Waals surface area contributed by atoms with Gasteiger partial charge in [0.1, 0.15) is 12.2 Å². The van der Waals surface area contributed by atoms with E-state index in [4.69, 9.17) is 5.73 Å². The number of aromatic nitrogens is 3. The average molecular weight is 279 g/mol. The van der Waals surface area contributed by atoms with Gasteiger partial charge < -0.3 is 15.2 Å². The molecule has 1 aromatic rings. The second kappa shape index (κ2) is 6.83. The van der Waals surface area contributed by atoms with Gasteiger partial charge in [0.2, 0.25) is 5.91 Å². The molecule has 0 aliphatic carbocycles. The molecule has 2 atom stereocenters. The molecule has 0 aromatic carbocycles. The molecule has 2 N–H and O–H groups in total. The van der Waals surface area contributed by atoms with Crippen LogP contribution in [0.2, 0.25) is 0 Å². The van der Waals surface area contributed by atoms with Gasteiger partial charge in [-0.3, -0.25) is 4.79 Å². The molecular weight excluding hydrogens is 254 g/mol. The molecule has 0 radical (unpaired) electrons. The molecule has 2 rings (SSSR count). The topological polar surface area (TPSA) is 77.0 Å². The summed E-state index contributed by atoms with van der Waals surface area (Å²) in [4.78, 5) is 14.3. The van der Waals surface area contributed by atoms with Crippen LogP contribution in [0.25, 0.3) is 0 Å². The van der Waals surface area contributed by atoms with Gasteiger partial charge in [-0.05, 0) is 25.3 Å². The Morgan fingerprint density at radius 2 is 2.40 bits per heavy atom. The lowest BCUT2D eigenvalue weighted by atomic mass is 9.95. The van der Waals surface area contributed by atoms with Crippen LogP contribution in [0.5, 0.6) is 0 Å². The number of carbonyl (C=O) groups is 1. The van der Waals surface area contributed by atoms with Crippen LogP contribution < -0.4 is 5.73 Å². The molecule has 1 fully saturated rings. The molecule has 0 saturated carbocycles. The van der Waals surface area contributed by atoms with Crippen molar-refractivity contribution in [2.45, 2.75) is 38.5 Å². The van der Waals surface area contributed by atoms with Crippen LogP contribution in [0.4, 0.5) is 0 Å². The summed E-state index contributed by atoms with van der Waals surface area (Å²) < 4.78 is 1.95. The monoisotopic (exact) mass is 279 g/mol. The van der Waals surface area contributed by atoms with Gasteiger partial charge in [0, 0.05) is 32.5 Å². The molecule has 0 bridgehead atoms. The predicted octanol–water partition coefficient (Wildman–Crippen LogP) is 0.896. The number of rotatable bonds is 5. The summed E-state index contributed by atoms with van der Waals surface area (Å²) >= 11 is 0. The summed E-state index contributed by atoms with van der Waals surface area (Å²) in [6, 6.07) is 0. The highest BCUT2D eigenvalue weighted by molar-refractivity contribution is 5.76. The third-order valence-corrected chi connectivity index (χ3v) is 4.26. The highest BCUT2D eigenvalue weighted by Gasteiger charge is 2.28. The Balaban J connectivity index is 1.96. The molecule has 6 heteroatoms. The fourth-order valence-electron chi connectivity index (χ4n) is 2.85. The van der Waals surface area contributed by atoms with Crippen molar-refractivity contribution in [2.75, 3.05) is 19.6 Å². The Morgan fingerprint density at radius 3 is 3.00 bits per heavy atom. The maximum atomic E-state index is 12.4. The zero-order chi connectivity index (χ0) is 14.5. The molecular formula is C14H25N5O. The fourth-order valence-corrected chi connectivity index (χ4v) is 2.85. The van der Waals surface area contributed by atoms with E-state index < -0.39 is 0 Å². The average Bonchev–Trinajstić information content (AvgIpc) is 2.90. The van der Waals surface area contributed by atoms with E-state index >= 15 is 0 Å². The third kappa shape index (κ3) is 3.36. The fraction of sp³-hybridized carbons (Fsp3) is 0.786. The quantitative estimate of drug-likeness (QED) is 0.868. The van der Waals surface area contributed by atoms with E-state index in [0.717, 1.165) is 38.2 Å². The van der Waals surface area contributed by atoms with Crippen LogP contribution in [0.15, 0.2) is 6.33 Å². The minimum Gasteiger partial charge on any atom is -0.342 e. The number of aryl methyl sites for hydroxylation is 1. The zero-order valence-corrected chi connectivity index (χ0v) is 12.5. The van der Waals surface area contributed by atoms with Gasteiger partial charge in [0.05, 0.1) is 0 Å². The first kappa shape index (κ1) is 15.0. The summed E-state index contributed by atoms with van der Waals surface area (Å²) in [5.41, 5.74) is 5.69. The van der Waals surface area contributed by atoms with Crippen LogP contribution in [0.1, 0.15) is 44.3 Å². The van der Waals surface area contributed by atoms with Crippen LogP contribution in [0.3, 0.4) is 0 Å². The maximum absolute atomic E-state index is 12.4. The second-order valence-electron chi connectivity index (χ2n) is 5.69. The van der Waals surface area contributed by atoms with Gasteiger partial charge >= 0.3 is 0 Å². The highest BCUT2D eigenvalue weighted by Crippen LogP contribution is 2.26. The minimum absolute atomic E-state index is 0.231. The molecule has 1 aromatic heterocycles. The van der Waals surface area contributed by atoms with Gasteiger partial charge in [-0.1, -0.05) is 13.3 Å². The number of hydrogen-bond acceptors (Lipinski definition) is 4. The number of nitrogens with two attached hydrogens (primary N) is 1. The second-order valence-corrected chi connectivity index (χ2v) is 5.69. The summed E-state index contributed by atoms with van der Waals surface area (Å²) in [5.74, 6) is 1.82. The van der Waals surface area contributed by atoms with Gasteiger partial charge in [-0.15, -0.1) is 10.2 Å². The maximum Gasteiger partial charge on any atom is 0.222 e. The van der Waals surface area contributed by atoms with E-state index in [1.165, 1.54) is 0 Å². The van der Waals surface area contributed by atoms with Gasteiger partial charge in [0.15, 0.2) is 0 Å². The van der Waals surface area contributed by atoms with Crippen LogP contribution >= 0.6 is 0 Å². The number of carbonyl (C=O) groups excluding carboxylic acids is 1. The molecule has 2 unspecified atom stereocenters. The number of hydrogen-bond donors (Lipinski definition) is 1. The number of likely N-dealkylation sites (tertiary alicyclic amines) is 1. The Labute approximate surface area is 120 Å². The number of piperidine rings is 1. The molecule has 1 amide bonds. The van der Waals surface area contributed by atoms with E-state index in [2.05, 4.69) is 17.1 Å². The normalized spacial score (nSPS) is 20.9. The summed E-state index contributed by atoms with van der Waals surface area (Å²) in [6.45, 7) is 4.28. The van der Waals surface area contributed by atoms with Crippen LogP contribution in [-0.4, -0.2) is 45.2 Å². The van der Waals surface area contributed by atoms with Crippen molar-refractivity contribution >= 4 is 5.91 Å². The molecule has 2 heterocycles. The van der Waals surface area contributed by atoms with Crippen molar-refractivity contribution < 1.29 is 4.79 Å². The Bertz CT molecular complexity index is 441. The molecule has 20 heavy (non-hydrogen) atoms. The Kier molecular flexibility index (Phi) is 5.11. The molecule has 1 aliphatic rings. The minimum atomic E-state index is 0.231. The SMILES string of the molecule is CCC(CN)CC(=O)N1CCCC(c2nncn2C)C1. The smallest absolute Gasteiger partial charge is 0.222 e. The van der Waals surface area contributed by atoms with Crippen molar-refractivity contribution in [2.24, 2.45) is 18.7 Å². The Hall–Kier alpha value is -1.43. The zero-order valence-electron chi connectivity index (χ0n) is 12.5. The molecule has 1 saturated heterocycles. The summed E-state index contributed by atoms with van der Waals surface area (Å²) in [5, 5.41) is 8.12. The standard InChI is InChI=1S/C14H25N5O/c1-3-11(8-15)7-13(20)19-6-4-5-12(9-19)14-17-16-10-18(14)2/h10-12H,3-9,15H2,1-2H3. The third-order valence-electron chi connectivity index (χ3n) is 4.26. The lowest BCUT2D eigenvalue weighted by Gasteiger charge is -2.33.